The number of aryl methyl sites for hydroxylation is 1. The van der Waals surface area contributed by atoms with Gasteiger partial charge in [0.25, 0.3) is 17.4 Å². The Morgan fingerprint density at radius 1 is 0.917 bits per heavy atom. The highest BCUT2D eigenvalue weighted by Crippen LogP contribution is 2.19. The molecule has 0 aliphatic rings. The summed E-state index contributed by atoms with van der Waals surface area (Å²) in [5.41, 5.74) is 4.36. The van der Waals surface area contributed by atoms with E-state index in [0.29, 0.717) is 16.5 Å². The molecule has 0 aliphatic carbocycles. The van der Waals surface area contributed by atoms with Crippen LogP contribution in [0.4, 0.5) is 15.8 Å². The van der Waals surface area contributed by atoms with E-state index in [1.165, 1.54) is 12.3 Å². The average Bonchev–Trinajstić information content (AvgIpc) is 2.89. The minimum Gasteiger partial charge on any atom is -0.372 e. The zero-order valence-electron chi connectivity index (χ0n) is 20.3. The van der Waals surface area contributed by atoms with Crippen LogP contribution >= 0.6 is 0 Å². The molecular formula is C28H27FN4O3. The summed E-state index contributed by atoms with van der Waals surface area (Å²) in [6, 6.07) is 18.1. The van der Waals surface area contributed by atoms with E-state index in [1.54, 1.807) is 55.5 Å². The molecule has 0 fully saturated rings. The van der Waals surface area contributed by atoms with Crippen LogP contribution in [0.15, 0.2) is 77.7 Å². The Labute approximate surface area is 208 Å². The number of hydrogen-bond donors (Lipinski definition) is 2. The average molecular weight is 487 g/mol. The lowest BCUT2D eigenvalue weighted by molar-refractivity contribution is 0.0999. The molecule has 0 radical (unpaired) electrons. The van der Waals surface area contributed by atoms with Crippen LogP contribution in [-0.4, -0.2) is 29.6 Å². The zero-order chi connectivity index (χ0) is 25.8. The summed E-state index contributed by atoms with van der Waals surface area (Å²) in [7, 11) is 0. The van der Waals surface area contributed by atoms with Gasteiger partial charge in [-0.15, -0.1) is 0 Å². The van der Waals surface area contributed by atoms with Gasteiger partial charge in [0, 0.05) is 47.0 Å². The van der Waals surface area contributed by atoms with E-state index in [9.17, 15) is 18.8 Å². The van der Waals surface area contributed by atoms with Gasteiger partial charge < -0.3 is 10.2 Å². The van der Waals surface area contributed by atoms with Crippen molar-refractivity contribution >= 4 is 34.0 Å². The van der Waals surface area contributed by atoms with Gasteiger partial charge in [-0.3, -0.25) is 19.8 Å². The molecular weight excluding hydrogens is 459 g/mol. The number of carbonyl (C=O) groups excluding carboxylic acids is 2. The number of benzene rings is 3. The van der Waals surface area contributed by atoms with Crippen LogP contribution in [0.1, 0.15) is 40.1 Å². The fraction of sp³-hybridized carbons (Fsp3) is 0.179. The molecule has 0 atom stereocenters. The molecule has 2 N–H and O–H groups in total. The number of carbonyl (C=O) groups is 2. The molecule has 7 nitrogen and oxygen atoms in total. The highest BCUT2D eigenvalue weighted by atomic mass is 19.1. The Kier molecular flexibility index (Phi) is 7.15. The number of amides is 2. The fourth-order valence-electron chi connectivity index (χ4n) is 4.01. The molecule has 184 valence electrons. The van der Waals surface area contributed by atoms with Crippen molar-refractivity contribution in [2.75, 3.05) is 28.7 Å². The van der Waals surface area contributed by atoms with Crippen LogP contribution in [-0.2, 0) is 0 Å². The standard InChI is InChI=1S/C28H27FN4O3/c1-4-32(5-2)21-14-11-19(12-15-21)26(34)31-33-17-24(22-8-6-7-9-23(22)28(33)36)27(35)30-20-13-10-18(3)25(29)16-20/h6-17H,4-5H2,1-3H3,(H,30,35)(H,31,34). The minimum atomic E-state index is -0.541. The van der Waals surface area contributed by atoms with Gasteiger partial charge in [-0.05, 0) is 68.8 Å². The highest BCUT2D eigenvalue weighted by Gasteiger charge is 2.17. The van der Waals surface area contributed by atoms with Gasteiger partial charge in [0.15, 0.2) is 0 Å². The van der Waals surface area contributed by atoms with Crippen LogP contribution in [0.3, 0.4) is 0 Å². The molecule has 1 aromatic heterocycles. The number of fused-ring (bicyclic) bond motifs is 1. The third-order valence-corrected chi connectivity index (χ3v) is 6.08. The smallest absolute Gasteiger partial charge is 0.277 e. The van der Waals surface area contributed by atoms with Crippen molar-refractivity contribution in [2.45, 2.75) is 20.8 Å². The first-order valence-electron chi connectivity index (χ1n) is 11.7. The molecule has 4 aromatic rings. The maximum Gasteiger partial charge on any atom is 0.277 e. The molecule has 0 unspecified atom stereocenters. The lowest BCUT2D eigenvalue weighted by Gasteiger charge is -2.21. The van der Waals surface area contributed by atoms with Crippen LogP contribution in [0.2, 0.25) is 0 Å². The first kappa shape index (κ1) is 24.7. The van der Waals surface area contributed by atoms with Crippen LogP contribution in [0.25, 0.3) is 10.8 Å². The SMILES string of the molecule is CCN(CC)c1ccc(C(=O)Nn2cc(C(=O)Nc3ccc(C)c(F)c3)c3ccccc3c2=O)cc1. The van der Waals surface area contributed by atoms with Gasteiger partial charge in [0.2, 0.25) is 0 Å². The zero-order valence-corrected chi connectivity index (χ0v) is 20.3. The van der Waals surface area contributed by atoms with E-state index in [2.05, 4.69) is 29.5 Å². The van der Waals surface area contributed by atoms with Crippen molar-refractivity contribution < 1.29 is 14.0 Å². The largest absolute Gasteiger partial charge is 0.372 e. The van der Waals surface area contributed by atoms with Crippen molar-refractivity contribution in [3.63, 3.8) is 0 Å². The maximum absolute atomic E-state index is 14.0. The third-order valence-electron chi connectivity index (χ3n) is 6.08. The number of aromatic nitrogens is 1. The summed E-state index contributed by atoms with van der Waals surface area (Å²) in [6.45, 7) is 7.42. The number of hydrogen-bond acceptors (Lipinski definition) is 4. The molecule has 2 amide bonds. The monoisotopic (exact) mass is 486 g/mol. The third kappa shape index (κ3) is 4.98. The summed E-state index contributed by atoms with van der Waals surface area (Å²) < 4.78 is 15.0. The Bertz CT molecular complexity index is 1490. The predicted octanol–water partition coefficient (Wildman–Crippen LogP) is 4.93. The number of pyridine rings is 1. The van der Waals surface area contributed by atoms with Crippen LogP contribution < -0.4 is 21.2 Å². The van der Waals surface area contributed by atoms with E-state index < -0.39 is 23.2 Å². The molecule has 0 saturated carbocycles. The number of rotatable bonds is 7. The topological polar surface area (TPSA) is 83.4 Å². The van der Waals surface area contributed by atoms with E-state index in [-0.39, 0.29) is 16.6 Å². The lowest BCUT2D eigenvalue weighted by atomic mass is 10.1. The molecule has 4 rings (SSSR count). The van der Waals surface area contributed by atoms with Gasteiger partial charge in [0.1, 0.15) is 5.82 Å². The van der Waals surface area contributed by atoms with E-state index >= 15 is 0 Å². The van der Waals surface area contributed by atoms with Crippen molar-refractivity contribution in [3.05, 3.63) is 106 Å². The van der Waals surface area contributed by atoms with Crippen LogP contribution in [0.5, 0.6) is 0 Å². The van der Waals surface area contributed by atoms with Gasteiger partial charge in [-0.1, -0.05) is 24.3 Å². The predicted molar refractivity (Wildman–Crippen MR) is 141 cm³/mol. The maximum atomic E-state index is 14.0. The summed E-state index contributed by atoms with van der Waals surface area (Å²) in [5, 5.41) is 3.35. The second-order valence-corrected chi connectivity index (χ2v) is 8.34. The molecule has 1 heterocycles. The Hall–Kier alpha value is -4.46. The number of anilines is 2. The van der Waals surface area contributed by atoms with Crippen molar-refractivity contribution in [1.29, 1.82) is 0 Å². The van der Waals surface area contributed by atoms with Crippen molar-refractivity contribution in [1.82, 2.24) is 4.68 Å². The quantitative estimate of drug-likeness (QED) is 0.388. The molecule has 3 aromatic carbocycles. The summed E-state index contributed by atoms with van der Waals surface area (Å²) in [6.07, 6.45) is 1.28. The summed E-state index contributed by atoms with van der Waals surface area (Å²) >= 11 is 0. The second kappa shape index (κ2) is 10.4. The van der Waals surface area contributed by atoms with Gasteiger partial charge >= 0.3 is 0 Å². The minimum absolute atomic E-state index is 0.156. The Morgan fingerprint density at radius 2 is 1.58 bits per heavy atom. The summed E-state index contributed by atoms with van der Waals surface area (Å²) in [4.78, 5) is 41.3. The number of nitrogens with zero attached hydrogens (tertiary/aromatic N) is 2. The molecule has 0 bridgehead atoms. The van der Waals surface area contributed by atoms with E-state index in [0.717, 1.165) is 23.5 Å². The highest BCUT2D eigenvalue weighted by molar-refractivity contribution is 6.12. The van der Waals surface area contributed by atoms with E-state index in [1.807, 2.05) is 12.1 Å². The number of halogens is 1. The molecule has 8 heteroatoms. The Balaban J connectivity index is 1.66. The summed E-state index contributed by atoms with van der Waals surface area (Å²) in [5.74, 6) is -1.48. The van der Waals surface area contributed by atoms with Gasteiger partial charge in [-0.2, -0.15) is 0 Å². The fourth-order valence-corrected chi connectivity index (χ4v) is 4.01. The second-order valence-electron chi connectivity index (χ2n) is 8.34. The molecule has 0 spiro atoms. The van der Waals surface area contributed by atoms with Crippen molar-refractivity contribution in [2.24, 2.45) is 0 Å². The van der Waals surface area contributed by atoms with Gasteiger partial charge in [0.05, 0.1) is 5.56 Å². The molecule has 0 aliphatic heterocycles. The Morgan fingerprint density at radius 3 is 2.22 bits per heavy atom. The molecule has 36 heavy (non-hydrogen) atoms. The lowest BCUT2D eigenvalue weighted by Crippen LogP contribution is -2.34. The van der Waals surface area contributed by atoms with E-state index in [4.69, 9.17) is 0 Å². The van der Waals surface area contributed by atoms with Crippen molar-refractivity contribution in [3.8, 4) is 0 Å². The molecule has 0 saturated heterocycles. The first-order valence-corrected chi connectivity index (χ1v) is 11.7. The van der Waals surface area contributed by atoms with Crippen LogP contribution in [0, 0.1) is 12.7 Å². The first-order chi connectivity index (χ1) is 17.3. The number of nitrogens with one attached hydrogen (secondary N) is 2. The normalized spacial score (nSPS) is 10.8. The van der Waals surface area contributed by atoms with Gasteiger partial charge in [-0.25, -0.2) is 9.07 Å².